The van der Waals surface area contributed by atoms with Gasteiger partial charge in [-0.3, -0.25) is 0 Å². The molecule has 3 nitrogen and oxygen atoms in total. The maximum absolute atomic E-state index is 8.89. The third-order valence-corrected chi connectivity index (χ3v) is 0. The van der Waals surface area contributed by atoms with Crippen LogP contribution in [0.2, 0.25) is 0 Å². The standard InChI is InChI=1S/C2H4O2.H3N.Zn/c1-2(3)4;;/h1H3,(H,3,4);1H3;/q;;+2. The fraction of sp³-hybridized carbons (Fsp3) is 0.500. The van der Waals surface area contributed by atoms with Gasteiger partial charge < -0.3 is 16.1 Å². The average molecular weight is 142 g/mol. The van der Waals surface area contributed by atoms with Gasteiger partial charge in [0.15, 0.2) is 0 Å². The molecule has 0 aliphatic rings. The molecule has 0 saturated carbocycles. The Balaban J connectivity index is -0.0000000450. The Bertz CT molecular complexity index is 34.5. The van der Waals surface area contributed by atoms with E-state index in [2.05, 4.69) is 0 Å². The first-order chi connectivity index (χ1) is 1.73. The van der Waals surface area contributed by atoms with Crippen molar-refractivity contribution in [3.63, 3.8) is 0 Å². The molecule has 0 rings (SSSR count). The van der Waals surface area contributed by atoms with E-state index in [4.69, 9.17) is 9.90 Å². The number of quaternary nitrogens is 1. The summed E-state index contributed by atoms with van der Waals surface area (Å²) in [6.45, 7) is 0.972. The van der Waals surface area contributed by atoms with Crippen LogP contribution in [0.3, 0.4) is 0 Å². The zero-order valence-electron chi connectivity index (χ0n) is 4.02. The zero-order chi connectivity index (χ0) is 3.58. The molecule has 0 spiro atoms. The first kappa shape index (κ1) is 16.6. The first-order valence-electron chi connectivity index (χ1n) is 0.908. The van der Waals surface area contributed by atoms with E-state index in [9.17, 15) is 0 Å². The zero-order valence-corrected chi connectivity index (χ0v) is 6.99. The number of carbonyl (C=O) groups is 1. The van der Waals surface area contributed by atoms with Crippen LogP contribution in [0.15, 0.2) is 0 Å². The van der Waals surface area contributed by atoms with Crippen molar-refractivity contribution in [2.45, 2.75) is 6.92 Å². The predicted molar refractivity (Wildman–Crippen MR) is 16.7 cm³/mol. The minimum Gasteiger partial charge on any atom is -0.550 e. The van der Waals surface area contributed by atoms with Gasteiger partial charge in [0.1, 0.15) is 0 Å². The molecule has 0 aromatic rings. The largest absolute Gasteiger partial charge is 2.00 e. The summed E-state index contributed by atoms with van der Waals surface area (Å²) in [4.78, 5) is 8.89. The van der Waals surface area contributed by atoms with Crippen LogP contribution < -0.4 is 11.3 Å². The molecule has 4 heteroatoms. The third kappa shape index (κ3) is 13300. The molecule has 0 saturated heterocycles. The normalized spacial score (nSPS) is 4.17. The Hall–Kier alpha value is 0.0534. The van der Waals surface area contributed by atoms with Crippen molar-refractivity contribution in [1.29, 1.82) is 0 Å². The molecule has 0 radical (unpaired) electrons. The third-order valence-electron chi connectivity index (χ3n) is 0. The topological polar surface area (TPSA) is 76.6 Å². The van der Waals surface area contributed by atoms with Crippen molar-refractivity contribution in [3.8, 4) is 0 Å². The molecular formula is C2H7NO2Zn+2. The second-order valence-corrected chi connectivity index (χ2v) is 0.492. The van der Waals surface area contributed by atoms with Crippen molar-refractivity contribution in [3.05, 3.63) is 0 Å². The molecule has 4 N–H and O–H groups in total. The molecular weight excluding hydrogens is 135 g/mol. The smallest absolute Gasteiger partial charge is 0.550 e. The molecule has 0 aliphatic heterocycles. The summed E-state index contributed by atoms with van der Waals surface area (Å²) in [6.07, 6.45) is 0. The van der Waals surface area contributed by atoms with Gasteiger partial charge in [-0.05, 0) is 6.92 Å². The monoisotopic (exact) mass is 141 g/mol. The minimum atomic E-state index is -1.08. The Morgan fingerprint density at radius 3 is 1.67 bits per heavy atom. The van der Waals surface area contributed by atoms with E-state index in [1.165, 1.54) is 0 Å². The Morgan fingerprint density at radius 1 is 1.67 bits per heavy atom. The summed E-state index contributed by atoms with van der Waals surface area (Å²) in [5, 5.41) is 8.89. The molecule has 0 amide bonds. The molecule has 32 valence electrons. The summed E-state index contributed by atoms with van der Waals surface area (Å²) in [7, 11) is 0. The van der Waals surface area contributed by atoms with Gasteiger partial charge in [-0.15, -0.1) is 0 Å². The molecule has 0 heterocycles. The van der Waals surface area contributed by atoms with Gasteiger partial charge in [-0.25, -0.2) is 0 Å². The van der Waals surface area contributed by atoms with Crippen molar-refractivity contribution < 1.29 is 29.4 Å². The second kappa shape index (κ2) is 8.91. The van der Waals surface area contributed by atoms with Gasteiger partial charge in [0.05, 0.1) is 0 Å². The van der Waals surface area contributed by atoms with E-state index >= 15 is 0 Å². The van der Waals surface area contributed by atoms with Gasteiger partial charge in [0.25, 0.3) is 0 Å². The van der Waals surface area contributed by atoms with E-state index in [1.807, 2.05) is 0 Å². The maximum atomic E-state index is 8.89. The summed E-state index contributed by atoms with van der Waals surface area (Å²) < 4.78 is 0. The van der Waals surface area contributed by atoms with Crippen molar-refractivity contribution in [1.82, 2.24) is 6.15 Å². The Labute approximate surface area is 49.1 Å². The quantitative estimate of drug-likeness (QED) is 0.447. The molecule has 0 aromatic carbocycles. The van der Waals surface area contributed by atoms with Gasteiger partial charge in [0.2, 0.25) is 0 Å². The molecule has 6 heavy (non-hydrogen) atoms. The van der Waals surface area contributed by atoms with Crippen LogP contribution in [0.25, 0.3) is 0 Å². The van der Waals surface area contributed by atoms with Crippen LogP contribution in [-0.4, -0.2) is 5.97 Å². The maximum Gasteiger partial charge on any atom is 2.00 e. The van der Waals surface area contributed by atoms with Crippen molar-refractivity contribution >= 4 is 5.97 Å². The average Bonchev–Trinajstić information content (AvgIpc) is 0.811. The number of hydrogen-bond acceptors (Lipinski definition) is 2. The van der Waals surface area contributed by atoms with E-state index in [-0.39, 0.29) is 25.6 Å². The number of rotatable bonds is 0. The van der Waals surface area contributed by atoms with Crippen LogP contribution in [0.5, 0.6) is 0 Å². The molecule has 0 unspecified atom stereocenters. The van der Waals surface area contributed by atoms with Gasteiger partial charge >= 0.3 is 19.5 Å². The van der Waals surface area contributed by atoms with E-state index in [0.29, 0.717) is 0 Å². The molecule has 0 aliphatic carbocycles. The summed E-state index contributed by atoms with van der Waals surface area (Å²) >= 11 is 0. The molecule has 0 aromatic heterocycles. The van der Waals surface area contributed by atoms with Crippen molar-refractivity contribution in [2.75, 3.05) is 0 Å². The molecule has 0 atom stereocenters. The SMILES string of the molecule is CC(=O)[O-].[NH4+].[Zn+2]. The first-order valence-corrected chi connectivity index (χ1v) is 0.908. The number of carbonyl (C=O) groups excluding carboxylic acids is 1. The van der Waals surface area contributed by atoms with Gasteiger partial charge in [-0.1, -0.05) is 0 Å². The fourth-order valence-corrected chi connectivity index (χ4v) is 0. The van der Waals surface area contributed by atoms with Crippen LogP contribution in [0.4, 0.5) is 0 Å². The minimum absolute atomic E-state index is 0. The number of carboxylic acid groups (broad SMARTS) is 1. The van der Waals surface area contributed by atoms with Crippen molar-refractivity contribution in [2.24, 2.45) is 0 Å². The second-order valence-electron chi connectivity index (χ2n) is 0.492. The number of hydrogen-bond donors (Lipinski definition) is 1. The van der Waals surface area contributed by atoms with Gasteiger partial charge in [-0.2, -0.15) is 0 Å². The summed E-state index contributed by atoms with van der Waals surface area (Å²) in [5.41, 5.74) is 0. The van der Waals surface area contributed by atoms with Crippen LogP contribution in [0, 0.1) is 0 Å². The fourth-order valence-electron chi connectivity index (χ4n) is 0. The van der Waals surface area contributed by atoms with Gasteiger partial charge in [0, 0.05) is 5.97 Å². The van der Waals surface area contributed by atoms with Crippen LogP contribution in [0.1, 0.15) is 6.92 Å². The summed E-state index contributed by atoms with van der Waals surface area (Å²) in [5.74, 6) is -1.08. The van der Waals surface area contributed by atoms with E-state index in [0.717, 1.165) is 6.92 Å². The predicted octanol–water partition coefficient (Wildman–Crippen LogP) is -0.870. The number of carboxylic acids is 1. The molecule has 0 bridgehead atoms. The van der Waals surface area contributed by atoms with E-state index < -0.39 is 5.97 Å². The van der Waals surface area contributed by atoms with E-state index in [1.54, 1.807) is 0 Å². The van der Waals surface area contributed by atoms with Crippen LogP contribution in [-0.2, 0) is 24.3 Å². The molecule has 0 fully saturated rings. The Kier molecular flexibility index (Phi) is 24.6. The summed E-state index contributed by atoms with van der Waals surface area (Å²) in [6, 6.07) is 0. The Morgan fingerprint density at radius 2 is 1.67 bits per heavy atom. The number of aliphatic carboxylic acids is 1. The van der Waals surface area contributed by atoms with Crippen LogP contribution >= 0.6 is 0 Å².